The number of non-ortho nitro benzene ring substituents is 1. The summed E-state index contributed by atoms with van der Waals surface area (Å²) in [6.07, 6.45) is 0. The van der Waals surface area contributed by atoms with Crippen molar-refractivity contribution in [2.75, 3.05) is 51.3 Å². The molecule has 1 amide bonds. The Bertz CT molecular complexity index is 834. The highest BCUT2D eigenvalue weighted by Gasteiger charge is 2.19. The molecule has 1 saturated heterocycles. The zero-order chi connectivity index (χ0) is 19.9. The number of methoxy groups -OCH3 is 1. The van der Waals surface area contributed by atoms with Gasteiger partial charge in [0.05, 0.1) is 17.7 Å². The van der Waals surface area contributed by atoms with Gasteiger partial charge in [0.25, 0.3) is 11.6 Å². The Hall–Kier alpha value is -3.13. The molecule has 8 heteroatoms. The zero-order valence-corrected chi connectivity index (χ0v) is 15.8. The van der Waals surface area contributed by atoms with E-state index in [0.29, 0.717) is 12.1 Å². The van der Waals surface area contributed by atoms with Crippen LogP contribution in [0, 0.1) is 10.1 Å². The van der Waals surface area contributed by atoms with Gasteiger partial charge in [0.1, 0.15) is 5.75 Å². The molecule has 0 radical (unpaired) electrons. The van der Waals surface area contributed by atoms with Gasteiger partial charge in [0, 0.05) is 57.0 Å². The van der Waals surface area contributed by atoms with Gasteiger partial charge in [-0.3, -0.25) is 19.8 Å². The van der Waals surface area contributed by atoms with Crippen molar-refractivity contribution in [1.29, 1.82) is 0 Å². The van der Waals surface area contributed by atoms with Gasteiger partial charge in [0.2, 0.25) is 0 Å². The van der Waals surface area contributed by atoms with Crippen molar-refractivity contribution in [3.8, 4) is 5.75 Å². The number of nitrogens with one attached hydrogen (secondary N) is 1. The van der Waals surface area contributed by atoms with Crippen LogP contribution in [-0.4, -0.2) is 62.1 Å². The molecule has 2 aromatic carbocycles. The van der Waals surface area contributed by atoms with Gasteiger partial charge in [-0.15, -0.1) is 0 Å². The molecular formula is C20H24N4O4. The molecular weight excluding hydrogens is 360 g/mol. The molecule has 1 N–H and O–H groups in total. The summed E-state index contributed by atoms with van der Waals surface area (Å²) < 4.78 is 5.44. The van der Waals surface area contributed by atoms with E-state index in [1.807, 2.05) is 18.2 Å². The first-order chi connectivity index (χ1) is 13.6. The van der Waals surface area contributed by atoms with Gasteiger partial charge in [-0.05, 0) is 18.2 Å². The van der Waals surface area contributed by atoms with Crippen molar-refractivity contribution in [1.82, 2.24) is 10.2 Å². The SMILES string of the molecule is COc1ccccc1N1CCN(CCNC(=O)c2cccc([N+](=O)[O-])c2)CC1. The van der Waals surface area contributed by atoms with E-state index in [0.717, 1.165) is 44.2 Å². The number of rotatable bonds is 7. The van der Waals surface area contributed by atoms with Crippen LogP contribution >= 0.6 is 0 Å². The Morgan fingerprint density at radius 2 is 1.89 bits per heavy atom. The maximum absolute atomic E-state index is 12.2. The highest BCUT2D eigenvalue weighted by Crippen LogP contribution is 2.28. The van der Waals surface area contributed by atoms with Crippen molar-refractivity contribution < 1.29 is 14.5 Å². The van der Waals surface area contributed by atoms with Gasteiger partial charge >= 0.3 is 0 Å². The molecule has 0 spiro atoms. The summed E-state index contributed by atoms with van der Waals surface area (Å²) in [5.41, 5.74) is 1.32. The van der Waals surface area contributed by atoms with Crippen molar-refractivity contribution in [3.63, 3.8) is 0 Å². The molecule has 28 heavy (non-hydrogen) atoms. The lowest BCUT2D eigenvalue weighted by molar-refractivity contribution is -0.384. The van der Waals surface area contributed by atoms with Crippen LogP contribution in [0.5, 0.6) is 5.75 Å². The van der Waals surface area contributed by atoms with Crippen LogP contribution in [0.3, 0.4) is 0 Å². The van der Waals surface area contributed by atoms with Gasteiger partial charge in [-0.25, -0.2) is 0 Å². The first-order valence-electron chi connectivity index (χ1n) is 9.21. The molecule has 0 unspecified atom stereocenters. The minimum Gasteiger partial charge on any atom is -0.495 e. The number of hydrogen-bond acceptors (Lipinski definition) is 6. The van der Waals surface area contributed by atoms with E-state index in [4.69, 9.17) is 4.74 Å². The number of amides is 1. The van der Waals surface area contributed by atoms with Crippen molar-refractivity contribution in [2.24, 2.45) is 0 Å². The third kappa shape index (κ3) is 4.77. The molecule has 0 aliphatic carbocycles. The number of nitro benzene ring substituents is 1. The number of carbonyl (C=O) groups excluding carboxylic acids is 1. The normalized spacial score (nSPS) is 14.5. The van der Waals surface area contributed by atoms with Gasteiger partial charge in [-0.2, -0.15) is 0 Å². The van der Waals surface area contributed by atoms with Crippen molar-refractivity contribution in [2.45, 2.75) is 0 Å². The number of ether oxygens (including phenoxy) is 1. The molecule has 2 aromatic rings. The van der Waals surface area contributed by atoms with Crippen LogP contribution in [0.1, 0.15) is 10.4 Å². The molecule has 0 bridgehead atoms. The van der Waals surface area contributed by atoms with Crippen LogP contribution in [0.15, 0.2) is 48.5 Å². The number of nitrogens with zero attached hydrogens (tertiary/aromatic N) is 3. The van der Waals surface area contributed by atoms with Crippen LogP contribution in [0.2, 0.25) is 0 Å². The molecule has 1 heterocycles. The third-order valence-electron chi connectivity index (χ3n) is 4.83. The van der Waals surface area contributed by atoms with E-state index in [9.17, 15) is 14.9 Å². The van der Waals surface area contributed by atoms with E-state index in [-0.39, 0.29) is 11.6 Å². The summed E-state index contributed by atoms with van der Waals surface area (Å²) in [4.78, 5) is 27.1. The van der Waals surface area contributed by atoms with Crippen molar-refractivity contribution in [3.05, 3.63) is 64.2 Å². The highest BCUT2D eigenvalue weighted by molar-refractivity contribution is 5.94. The summed E-state index contributed by atoms with van der Waals surface area (Å²) in [6.45, 7) is 4.80. The summed E-state index contributed by atoms with van der Waals surface area (Å²) >= 11 is 0. The summed E-state index contributed by atoms with van der Waals surface area (Å²) in [6, 6.07) is 13.8. The quantitative estimate of drug-likeness (QED) is 0.581. The summed E-state index contributed by atoms with van der Waals surface area (Å²) in [5, 5.41) is 13.7. The highest BCUT2D eigenvalue weighted by atomic mass is 16.6. The topological polar surface area (TPSA) is 88.0 Å². The maximum atomic E-state index is 12.2. The fraction of sp³-hybridized carbons (Fsp3) is 0.350. The van der Waals surface area contributed by atoms with Crippen LogP contribution < -0.4 is 15.0 Å². The molecule has 1 aliphatic heterocycles. The minimum atomic E-state index is -0.502. The Labute approximate surface area is 163 Å². The predicted molar refractivity (Wildman–Crippen MR) is 107 cm³/mol. The number of carbonyl (C=O) groups is 1. The summed E-state index contributed by atoms with van der Waals surface area (Å²) in [5.74, 6) is 0.580. The monoisotopic (exact) mass is 384 g/mol. The Morgan fingerprint density at radius 3 is 2.61 bits per heavy atom. The van der Waals surface area contributed by atoms with Gasteiger partial charge in [0.15, 0.2) is 0 Å². The van der Waals surface area contributed by atoms with E-state index >= 15 is 0 Å². The van der Waals surface area contributed by atoms with Gasteiger partial charge < -0.3 is 15.0 Å². The standard InChI is InChI=1S/C20H24N4O4/c1-28-19-8-3-2-7-18(19)23-13-11-22(12-14-23)10-9-21-20(25)16-5-4-6-17(15-16)24(26)27/h2-8,15H,9-14H2,1H3,(H,21,25). The number of hydrogen-bond donors (Lipinski definition) is 1. The third-order valence-corrected chi connectivity index (χ3v) is 4.83. The maximum Gasteiger partial charge on any atom is 0.270 e. The zero-order valence-electron chi connectivity index (χ0n) is 15.8. The number of para-hydroxylation sites is 2. The van der Waals surface area contributed by atoms with E-state index in [1.165, 1.54) is 18.2 Å². The average Bonchev–Trinajstić information content (AvgIpc) is 2.74. The predicted octanol–water partition coefficient (Wildman–Crippen LogP) is 2.16. The second-order valence-electron chi connectivity index (χ2n) is 6.56. The number of anilines is 1. The molecule has 3 rings (SSSR count). The first kappa shape index (κ1) is 19.6. The van der Waals surface area contributed by atoms with Crippen LogP contribution in [0.25, 0.3) is 0 Å². The van der Waals surface area contributed by atoms with Crippen LogP contribution in [-0.2, 0) is 0 Å². The molecule has 0 saturated carbocycles. The number of nitro groups is 1. The second-order valence-corrected chi connectivity index (χ2v) is 6.56. The molecule has 0 atom stereocenters. The lowest BCUT2D eigenvalue weighted by Crippen LogP contribution is -2.48. The second kappa shape index (κ2) is 9.18. The smallest absolute Gasteiger partial charge is 0.270 e. The molecule has 148 valence electrons. The van der Waals surface area contributed by atoms with E-state index < -0.39 is 4.92 Å². The van der Waals surface area contributed by atoms with Crippen LogP contribution in [0.4, 0.5) is 11.4 Å². The Morgan fingerprint density at radius 1 is 1.14 bits per heavy atom. The molecule has 8 nitrogen and oxygen atoms in total. The van der Waals surface area contributed by atoms with Gasteiger partial charge in [-0.1, -0.05) is 18.2 Å². The molecule has 0 aromatic heterocycles. The van der Waals surface area contributed by atoms with E-state index in [1.54, 1.807) is 13.2 Å². The number of benzene rings is 2. The van der Waals surface area contributed by atoms with E-state index in [2.05, 4.69) is 21.2 Å². The fourth-order valence-electron chi connectivity index (χ4n) is 3.29. The Balaban J connectivity index is 1.45. The Kier molecular flexibility index (Phi) is 6.44. The average molecular weight is 384 g/mol. The van der Waals surface area contributed by atoms with Crippen molar-refractivity contribution >= 4 is 17.3 Å². The molecule has 1 fully saturated rings. The fourth-order valence-corrected chi connectivity index (χ4v) is 3.29. The largest absolute Gasteiger partial charge is 0.495 e. The first-order valence-corrected chi connectivity index (χ1v) is 9.21. The number of piperazine rings is 1. The summed E-state index contributed by atoms with van der Waals surface area (Å²) in [7, 11) is 1.68. The minimum absolute atomic E-state index is 0.0832. The lowest BCUT2D eigenvalue weighted by Gasteiger charge is -2.36. The molecule has 1 aliphatic rings. The lowest BCUT2D eigenvalue weighted by atomic mass is 10.2.